The van der Waals surface area contributed by atoms with Gasteiger partial charge < -0.3 is 9.84 Å². The summed E-state index contributed by atoms with van der Waals surface area (Å²) in [5, 5.41) is 9.38. The third kappa shape index (κ3) is 3.02. The van der Waals surface area contributed by atoms with E-state index in [-0.39, 0.29) is 5.75 Å². The Bertz CT molecular complexity index is 559. The Labute approximate surface area is 110 Å². The first-order chi connectivity index (χ1) is 9.20. The van der Waals surface area contributed by atoms with Gasteiger partial charge in [0.25, 0.3) is 0 Å². The standard InChI is InChI=1S/C15H14FNO2/c16-13-5-12(6-14(18)7-13)11-3-4-15(17-8-11)19-9-10-1-2-10/h3-8,10,18H,1-2,9H2. The molecule has 0 saturated heterocycles. The van der Waals surface area contributed by atoms with Crippen LogP contribution >= 0.6 is 0 Å². The summed E-state index contributed by atoms with van der Waals surface area (Å²) in [4.78, 5) is 4.19. The third-order valence-electron chi connectivity index (χ3n) is 3.12. The third-order valence-corrected chi connectivity index (χ3v) is 3.12. The van der Waals surface area contributed by atoms with E-state index in [1.54, 1.807) is 12.3 Å². The van der Waals surface area contributed by atoms with E-state index in [1.165, 1.54) is 25.0 Å². The van der Waals surface area contributed by atoms with E-state index in [9.17, 15) is 9.50 Å². The second-order valence-corrected chi connectivity index (χ2v) is 4.84. The Morgan fingerprint density at radius 1 is 1.21 bits per heavy atom. The molecule has 3 nitrogen and oxygen atoms in total. The van der Waals surface area contributed by atoms with E-state index < -0.39 is 5.82 Å². The van der Waals surface area contributed by atoms with E-state index >= 15 is 0 Å². The molecule has 0 bridgehead atoms. The maximum absolute atomic E-state index is 13.2. The van der Waals surface area contributed by atoms with Crippen LogP contribution in [-0.2, 0) is 0 Å². The van der Waals surface area contributed by atoms with Gasteiger partial charge in [-0.05, 0) is 42.5 Å². The fourth-order valence-corrected chi connectivity index (χ4v) is 1.87. The zero-order valence-corrected chi connectivity index (χ0v) is 10.3. The first kappa shape index (κ1) is 12.0. The molecule has 0 atom stereocenters. The SMILES string of the molecule is Oc1cc(F)cc(-c2ccc(OCC3CC3)nc2)c1. The lowest BCUT2D eigenvalue weighted by Crippen LogP contribution is -2.00. The van der Waals surface area contributed by atoms with E-state index in [0.29, 0.717) is 24.0 Å². The van der Waals surface area contributed by atoms with Gasteiger partial charge in [-0.2, -0.15) is 0 Å². The van der Waals surface area contributed by atoms with Gasteiger partial charge in [0.2, 0.25) is 5.88 Å². The average Bonchev–Trinajstić information content (AvgIpc) is 3.20. The number of nitrogens with zero attached hydrogens (tertiary/aromatic N) is 1. The molecule has 1 heterocycles. The summed E-state index contributed by atoms with van der Waals surface area (Å²) in [6.07, 6.45) is 4.09. The minimum Gasteiger partial charge on any atom is -0.508 e. The minimum absolute atomic E-state index is 0.0935. The molecule has 1 aromatic heterocycles. The monoisotopic (exact) mass is 259 g/mol. The van der Waals surface area contributed by atoms with Gasteiger partial charge >= 0.3 is 0 Å². The van der Waals surface area contributed by atoms with Crippen molar-refractivity contribution in [2.45, 2.75) is 12.8 Å². The summed E-state index contributed by atoms with van der Waals surface area (Å²) in [7, 11) is 0. The van der Waals surface area contributed by atoms with Gasteiger partial charge in [0.15, 0.2) is 0 Å². The summed E-state index contributed by atoms with van der Waals surface area (Å²) in [6.45, 7) is 0.715. The van der Waals surface area contributed by atoms with Gasteiger partial charge in [-0.25, -0.2) is 9.37 Å². The highest BCUT2D eigenvalue weighted by molar-refractivity contribution is 5.64. The van der Waals surface area contributed by atoms with Crippen LogP contribution in [0.2, 0.25) is 0 Å². The number of aromatic hydroxyl groups is 1. The van der Waals surface area contributed by atoms with Crippen LogP contribution in [0.25, 0.3) is 11.1 Å². The molecule has 1 N–H and O–H groups in total. The van der Waals surface area contributed by atoms with Crippen molar-refractivity contribution in [3.8, 4) is 22.8 Å². The summed E-state index contributed by atoms with van der Waals surface area (Å²) >= 11 is 0. The Hall–Kier alpha value is -2.10. The normalized spacial score (nSPS) is 14.4. The number of rotatable bonds is 4. The molecule has 0 amide bonds. The first-order valence-corrected chi connectivity index (χ1v) is 6.29. The number of aromatic nitrogens is 1. The number of hydrogen-bond donors (Lipinski definition) is 1. The Morgan fingerprint density at radius 2 is 2.05 bits per heavy atom. The number of benzene rings is 1. The fraction of sp³-hybridized carbons (Fsp3) is 0.267. The predicted octanol–water partition coefficient (Wildman–Crippen LogP) is 3.38. The van der Waals surface area contributed by atoms with Crippen LogP contribution in [-0.4, -0.2) is 16.7 Å². The second-order valence-electron chi connectivity index (χ2n) is 4.84. The number of ether oxygens (including phenoxy) is 1. The molecule has 1 fully saturated rings. The van der Waals surface area contributed by atoms with E-state index in [1.807, 2.05) is 6.07 Å². The molecule has 1 aromatic carbocycles. The zero-order valence-electron chi connectivity index (χ0n) is 10.3. The van der Waals surface area contributed by atoms with Crippen LogP contribution < -0.4 is 4.74 Å². The quantitative estimate of drug-likeness (QED) is 0.915. The number of phenolic OH excluding ortho intramolecular Hbond substituents is 1. The van der Waals surface area contributed by atoms with Gasteiger partial charge in [-0.1, -0.05) is 0 Å². The molecular formula is C15H14FNO2. The van der Waals surface area contributed by atoms with Crippen LogP contribution in [0, 0.1) is 11.7 Å². The summed E-state index contributed by atoms with van der Waals surface area (Å²) in [5.74, 6) is 0.700. The number of phenols is 1. The van der Waals surface area contributed by atoms with Crippen molar-refractivity contribution >= 4 is 0 Å². The fourth-order valence-electron chi connectivity index (χ4n) is 1.87. The van der Waals surface area contributed by atoms with Gasteiger partial charge in [0, 0.05) is 23.9 Å². The Balaban J connectivity index is 1.76. The highest BCUT2D eigenvalue weighted by Crippen LogP contribution is 2.30. The van der Waals surface area contributed by atoms with Crippen molar-refractivity contribution in [2.24, 2.45) is 5.92 Å². The van der Waals surface area contributed by atoms with Crippen molar-refractivity contribution in [3.63, 3.8) is 0 Å². The molecule has 4 heteroatoms. The zero-order chi connectivity index (χ0) is 13.2. The lowest BCUT2D eigenvalue weighted by molar-refractivity contribution is 0.288. The molecule has 0 unspecified atom stereocenters. The van der Waals surface area contributed by atoms with Gasteiger partial charge in [0.05, 0.1) is 6.61 Å². The molecule has 2 aromatic rings. The molecule has 98 valence electrons. The maximum Gasteiger partial charge on any atom is 0.213 e. The molecule has 1 saturated carbocycles. The predicted molar refractivity (Wildman–Crippen MR) is 69.5 cm³/mol. The van der Waals surface area contributed by atoms with Crippen LogP contribution in [0.5, 0.6) is 11.6 Å². The van der Waals surface area contributed by atoms with Crippen LogP contribution in [0.4, 0.5) is 4.39 Å². The summed E-state index contributed by atoms with van der Waals surface area (Å²) in [6, 6.07) is 7.51. The molecule has 1 aliphatic carbocycles. The lowest BCUT2D eigenvalue weighted by Gasteiger charge is -2.06. The highest BCUT2D eigenvalue weighted by atomic mass is 19.1. The van der Waals surface area contributed by atoms with E-state index in [4.69, 9.17) is 4.74 Å². The van der Waals surface area contributed by atoms with Crippen molar-refractivity contribution < 1.29 is 14.2 Å². The summed E-state index contributed by atoms with van der Waals surface area (Å²) < 4.78 is 18.7. The molecular weight excluding hydrogens is 245 g/mol. The van der Waals surface area contributed by atoms with Crippen LogP contribution in [0.3, 0.4) is 0 Å². The topological polar surface area (TPSA) is 42.4 Å². The second kappa shape index (κ2) is 4.88. The summed E-state index contributed by atoms with van der Waals surface area (Å²) in [5.41, 5.74) is 1.34. The molecule has 19 heavy (non-hydrogen) atoms. The highest BCUT2D eigenvalue weighted by Gasteiger charge is 2.22. The van der Waals surface area contributed by atoms with Gasteiger partial charge in [0.1, 0.15) is 11.6 Å². The van der Waals surface area contributed by atoms with E-state index in [2.05, 4.69) is 4.98 Å². The maximum atomic E-state index is 13.2. The smallest absolute Gasteiger partial charge is 0.213 e. The number of pyridine rings is 1. The Kier molecular flexibility index (Phi) is 3.07. The number of hydrogen-bond acceptors (Lipinski definition) is 3. The van der Waals surface area contributed by atoms with Crippen molar-refractivity contribution in [2.75, 3.05) is 6.61 Å². The van der Waals surface area contributed by atoms with Crippen molar-refractivity contribution in [1.29, 1.82) is 0 Å². The molecule has 0 aliphatic heterocycles. The van der Waals surface area contributed by atoms with Crippen molar-refractivity contribution in [3.05, 3.63) is 42.3 Å². The first-order valence-electron chi connectivity index (χ1n) is 6.29. The largest absolute Gasteiger partial charge is 0.508 e. The Morgan fingerprint density at radius 3 is 2.68 bits per heavy atom. The molecule has 0 spiro atoms. The molecule has 1 aliphatic rings. The number of halogens is 1. The van der Waals surface area contributed by atoms with E-state index in [0.717, 1.165) is 11.6 Å². The van der Waals surface area contributed by atoms with Gasteiger partial charge in [-0.3, -0.25) is 0 Å². The van der Waals surface area contributed by atoms with Gasteiger partial charge in [-0.15, -0.1) is 0 Å². The minimum atomic E-state index is -0.468. The average molecular weight is 259 g/mol. The van der Waals surface area contributed by atoms with Crippen molar-refractivity contribution in [1.82, 2.24) is 4.98 Å². The van der Waals surface area contributed by atoms with Crippen LogP contribution in [0.15, 0.2) is 36.5 Å². The molecule has 3 rings (SSSR count). The van der Waals surface area contributed by atoms with Crippen LogP contribution in [0.1, 0.15) is 12.8 Å². The molecule has 0 radical (unpaired) electrons. The lowest BCUT2D eigenvalue weighted by atomic mass is 10.1.